The predicted molar refractivity (Wildman–Crippen MR) is 118 cm³/mol. The summed E-state index contributed by atoms with van der Waals surface area (Å²) < 4.78 is 32.1. The third kappa shape index (κ3) is 6.49. The first-order valence-corrected chi connectivity index (χ1v) is 11.3. The molecule has 0 aliphatic carbocycles. The molecule has 0 saturated heterocycles. The Morgan fingerprint density at radius 3 is 2.69 bits per heavy atom. The monoisotopic (exact) mass is 432 g/mol. The van der Waals surface area contributed by atoms with Gasteiger partial charge in [0.15, 0.2) is 5.76 Å². The predicted octanol–water partition coefficient (Wildman–Crippen LogP) is 4.63. The fourth-order valence-corrected chi connectivity index (χ4v) is 4.04. The second-order valence-corrected chi connectivity index (χ2v) is 9.17. The zero-order chi connectivity index (χ0) is 21.4. The van der Waals surface area contributed by atoms with E-state index in [1.54, 1.807) is 49.0 Å². The summed E-state index contributed by atoms with van der Waals surface area (Å²) in [6.45, 7) is 7.30. The molecular weight excluding hydrogens is 408 g/mol. The molecule has 0 fully saturated rings. The SMILES string of the molecule is C=C/C=C\C=C(/C)SCc1ccc(C(=O)Nc2ccc(C)c(S(=O)(=O)NC)c2)o1. The minimum atomic E-state index is -3.61. The van der Waals surface area contributed by atoms with Gasteiger partial charge in [-0.15, -0.1) is 11.8 Å². The summed E-state index contributed by atoms with van der Waals surface area (Å²) in [5, 5.41) is 2.67. The number of aryl methyl sites for hydroxylation is 1. The van der Waals surface area contributed by atoms with E-state index in [-0.39, 0.29) is 10.7 Å². The Bertz CT molecular complexity index is 1050. The van der Waals surface area contributed by atoms with Crippen molar-refractivity contribution in [1.82, 2.24) is 4.72 Å². The van der Waals surface area contributed by atoms with Crippen molar-refractivity contribution in [3.63, 3.8) is 0 Å². The highest BCUT2D eigenvalue weighted by Crippen LogP contribution is 2.24. The molecule has 1 aromatic carbocycles. The molecular formula is C21H24N2O4S2. The second-order valence-electron chi connectivity index (χ2n) is 6.09. The third-order valence-electron chi connectivity index (χ3n) is 3.91. The van der Waals surface area contributed by atoms with E-state index in [9.17, 15) is 13.2 Å². The largest absolute Gasteiger partial charge is 0.455 e. The van der Waals surface area contributed by atoms with Crippen molar-refractivity contribution >= 4 is 33.4 Å². The van der Waals surface area contributed by atoms with Crippen molar-refractivity contribution < 1.29 is 17.6 Å². The third-order valence-corrected chi connectivity index (χ3v) is 6.49. The van der Waals surface area contributed by atoms with Crippen LogP contribution in [0.25, 0.3) is 0 Å². The zero-order valence-corrected chi connectivity index (χ0v) is 18.2. The van der Waals surface area contributed by atoms with Crippen LogP contribution in [0.1, 0.15) is 28.8 Å². The Kier molecular flexibility index (Phi) is 8.07. The number of hydrogen-bond donors (Lipinski definition) is 2. The van der Waals surface area contributed by atoms with E-state index in [4.69, 9.17) is 4.42 Å². The standard InChI is InChI=1S/C21H24N2O4S2/c1-5-6-7-8-16(3)28-14-18-11-12-19(27-18)21(24)23-17-10-9-15(2)20(13-17)29(25,26)22-4/h5-13,22H,1,14H2,2-4H3,(H,23,24)/b7-6-,16-8+. The molecule has 0 spiro atoms. The number of carbonyl (C=O) groups is 1. The van der Waals surface area contributed by atoms with Crippen LogP contribution >= 0.6 is 11.8 Å². The summed E-state index contributed by atoms with van der Waals surface area (Å²) in [6, 6.07) is 8.05. The summed E-state index contributed by atoms with van der Waals surface area (Å²) in [5.41, 5.74) is 0.954. The highest BCUT2D eigenvalue weighted by molar-refractivity contribution is 8.02. The molecule has 0 aliphatic rings. The molecule has 2 N–H and O–H groups in total. The van der Waals surface area contributed by atoms with Gasteiger partial charge in [-0.05, 0) is 55.6 Å². The maximum absolute atomic E-state index is 12.4. The summed E-state index contributed by atoms with van der Waals surface area (Å²) in [6.07, 6.45) is 7.42. The lowest BCUT2D eigenvalue weighted by molar-refractivity contribution is 0.0995. The Morgan fingerprint density at radius 2 is 2.00 bits per heavy atom. The van der Waals surface area contributed by atoms with Gasteiger partial charge in [0.25, 0.3) is 5.91 Å². The van der Waals surface area contributed by atoms with Gasteiger partial charge in [-0.3, -0.25) is 4.79 Å². The van der Waals surface area contributed by atoms with Crippen LogP contribution in [0.3, 0.4) is 0 Å². The molecule has 1 aromatic heterocycles. The van der Waals surface area contributed by atoms with Crippen molar-refractivity contribution in [2.75, 3.05) is 12.4 Å². The number of carbonyl (C=O) groups excluding carboxylic acids is 1. The maximum atomic E-state index is 12.4. The molecule has 1 amide bonds. The molecule has 0 bridgehead atoms. The normalized spacial score (nSPS) is 12.3. The van der Waals surface area contributed by atoms with Crippen molar-refractivity contribution in [2.24, 2.45) is 0 Å². The number of nitrogens with one attached hydrogen (secondary N) is 2. The Balaban J connectivity index is 2.06. The topological polar surface area (TPSA) is 88.4 Å². The smallest absolute Gasteiger partial charge is 0.291 e. The van der Waals surface area contributed by atoms with Gasteiger partial charge in [-0.2, -0.15) is 0 Å². The highest BCUT2D eigenvalue weighted by Gasteiger charge is 2.17. The van der Waals surface area contributed by atoms with Crippen LogP contribution in [-0.4, -0.2) is 21.4 Å². The van der Waals surface area contributed by atoms with E-state index < -0.39 is 15.9 Å². The van der Waals surface area contributed by atoms with Gasteiger partial charge in [0.05, 0.1) is 10.6 Å². The number of hydrogen-bond acceptors (Lipinski definition) is 5. The van der Waals surface area contributed by atoms with Crippen LogP contribution in [0.2, 0.25) is 0 Å². The van der Waals surface area contributed by atoms with E-state index in [2.05, 4.69) is 16.6 Å². The van der Waals surface area contributed by atoms with Gasteiger partial charge in [-0.1, -0.05) is 36.9 Å². The Morgan fingerprint density at radius 1 is 1.24 bits per heavy atom. The molecule has 0 saturated carbocycles. The first kappa shape index (κ1) is 22.7. The molecule has 0 atom stereocenters. The fourth-order valence-electron chi connectivity index (χ4n) is 2.35. The Hall–Kier alpha value is -2.55. The average molecular weight is 433 g/mol. The molecule has 0 aliphatic heterocycles. The van der Waals surface area contributed by atoms with Crippen LogP contribution < -0.4 is 10.0 Å². The lowest BCUT2D eigenvalue weighted by atomic mass is 10.2. The average Bonchev–Trinajstić information content (AvgIpc) is 3.17. The lowest BCUT2D eigenvalue weighted by Crippen LogP contribution is -2.20. The van der Waals surface area contributed by atoms with Crippen LogP contribution in [0, 0.1) is 6.92 Å². The number of amides is 1. The van der Waals surface area contributed by atoms with Crippen LogP contribution in [0.5, 0.6) is 0 Å². The number of allylic oxidation sites excluding steroid dienone is 5. The van der Waals surface area contributed by atoms with E-state index in [0.717, 1.165) is 4.91 Å². The number of benzene rings is 1. The molecule has 1 heterocycles. The molecule has 2 aromatic rings. The molecule has 8 heteroatoms. The van der Waals surface area contributed by atoms with E-state index in [1.165, 1.54) is 13.1 Å². The van der Waals surface area contributed by atoms with E-state index in [0.29, 0.717) is 22.8 Å². The van der Waals surface area contributed by atoms with Crippen molar-refractivity contribution in [3.8, 4) is 0 Å². The molecule has 0 radical (unpaired) electrons. The maximum Gasteiger partial charge on any atom is 0.291 e. The zero-order valence-electron chi connectivity index (χ0n) is 16.6. The van der Waals surface area contributed by atoms with Crippen LogP contribution in [-0.2, 0) is 15.8 Å². The molecule has 6 nitrogen and oxygen atoms in total. The van der Waals surface area contributed by atoms with Gasteiger partial charge in [0.1, 0.15) is 5.76 Å². The quantitative estimate of drug-likeness (QED) is 0.564. The second kappa shape index (κ2) is 10.3. The van der Waals surface area contributed by atoms with Gasteiger partial charge in [0, 0.05) is 5.69 Å². The number of sulfonamides is 1. The summed E-state index contributed by atoms with van der Waals surface area (Å²) in [5.74, 6) is 0.974. The van der Waals surface area contributed by atoms with Gasteiger partial charge < -0.3 is 9.73 Å². The number of thioether (sulfide) groups is 1. The number of anilines is 1. The van der Waals surface area contributed by atoms with Crippen molar-refractivity contribution in [1.29, 1.82) is 0 Å². The molecule has 0 unspecified atom stereocenters. The summed E-state index contributed by atoms with van der Waals surface area (Å²) >= 11 is 1.59. The van der Waals surface area contributed by atoms with Gasteiger partial charge in [0.2, 0.25) is 10.0 Å². The van der Waals surface area contributed by atoms with E-state index >= 15 is 0 Å². The van der Waals surface area contributed by atoms with Crippen molar-refractivity contribution in [2.45, 2.75) is 24.5 Å². The number of furan rings is 1. The lowest BCUT2D eigenvalue weighted by Gasteiger charge is -2.09. The highest BCUT2D eigenvalue weighted by atomic mass is 32.2. The van der Waals surface area contributed by atoms with E-state index in [1.807, 2.05) is 25.2 Å². The van der Waals surface area contributed by atoms with Gasteiger partial charge >= 0.3 is 0 Å². The van der Waals surface area contributed by atoms with Gasteiger partial charge in [-0.25, -0.2) is 13.1 Å². The fraction of sp³-hybridized carbons (Fsp3) is 0.190. The molecule has 154 valence electrons. The molecule has 2 rings (SSSR count). The minimum Gasteiger partial charge on any atom is -0.455 e. The minimum absolute atomic E-state index is 0.113. The summed E-state index contributed by atoms with van der Waals surface area (Å²) in [7, 11) is -2.27. The Labute approximate surface area is 175 Å². The first-order chi connectivity index (χ1) is 13.8. The van der Waals surface area contributed by atoms with Crippen LogP contribution in [0.4, 0.5) is 5.69 Å². The number of rotatable bonds is 9. The molecule has 29 heavy (non-hydrogen) atoms. The summed E-state index contributed by atoms with van der Waals surface area (Å²) in [4.78, 5) is 13.7. The van der Waals surface area contributed by atoms with Crippen LogP contribution in [0.15, 0.2) is 75.4 Å². The van der Waals surface area contributed by atoms with Crippen molar-refractivity contribution in [3.05, 3.63) is 83.2 Å². The first-order valence-electron chi connectivity index (χ1n) is 8.80.